The molecular weight excluding hydrogens is 308 g/mol. The quantitative estimate of drug-likeness (QED) is 0.529. The SMILES string of the molecule is O=S(=O)(c1ccccc1)c1ccnc2c1ccc1cccnc12. The molecule has 0 radical (unpaired) electrons. The van der Waals surface area contributed by atoms with E-state index >= 15 is 0 Å². The van der Waals surface area contributed by atoms with Crippen LogP contribution in [0.5, 0.6) is 0 Å². The molecule has 0 aliphatic carbocycles. The van der Waals surface area contributed by atoms with Gasteiger partial charge in [-0.05, 0) is 24.3 Å². The predicted octanol–water partition coefficient (Wildman–Crippen LogP) is 3.62. The third kappa shape index (κ3) is 2.17. The molecule has 0 aliphatic rings. The standard InChI is InChI=1S/C18H12N2O2S/c21-23(22,14-6-2-1-3-7-14)16-10-12-20-18-15(16)9-8-13-5-4-11-19-17(13)18/h1-12H. The van der Waals surface area contributed by atoms with Gasteiger partial charge in [-0.15, -0.1) is 0 Å². The second-order valence-electron chi connectivity index (χ2n) is 5.16. The number of aromatic nitrogens is 2. The molecule has 0 fully saturated rings. The first-order chi connectivity index (χ1) is 11.2. The minimum Gasteiger partial charge on any atom is -0.254 e. The van der Waals surface area contributed by atoms with Crippen molar-refractivity contribution < 1.29 is 8.42 Å². The highest BCUT2D eigenvalue weighted by atomic mass is 32.2. The molecule has 0 saturated carbocycles. The second kappa shape index (κ2) is 5.14. The monoisotopic (exact) mass is 320 g/mol. The Balaban J connectivity index is 2.08. The third-order valence-electron chi connectivity index (χ3n) is 3.79. The number of pyridine rings is 2. The molecule has 5 heteroatoms. The lowest BCUT2D eigenvalue weighted by atomic mass is 10.1. The highest BCUT2D eigenvalue weighted by molar-refractivity contribution is 7.91. The summed E-state index contributed by atoms with van der Waals surface area (Å²) in [5.74, 6) is 0. The fourth-order valence-corrected chi connectivity index (χ4v) is 4.15. The summed E-state index contributed by atoms with van der Waals surface area (Å²) in [6.07, 6.45) is 3.20. The van der Waals surface area contributed by atoms with Gasteiger partial charge in [0.25, 0.3) is 0 Å². The molecule has 4 nitrogen and oxygen atoms in total. The molecule has 0 spiro atoms. The van der Waals surface area contributed by atoms with E-state index in [-0.39, 0.29) is 9.79 Å². The van der Waals surface area contributed by atoms with E-state index in [9.17, 15) is 8.42 Å². The smallest absolute Gasteiger partial charge is 0.207 e. The maximum absolute atomic E-state index is 12.9. The van der Waals surface area contributed by atoms with Crippen molar-refractivity contribution in [1.82, 2.24) is 9.97 Å². The van der Waals surface area contributed by atoms with E-state index in [4.69, 9.17) is 0 Å². The van der Waals surface area contributed by atoms with E-state index in [1.54, 1.807) is 48.7 Å². The van der Waals surface area contributed by atoms with Gasteiger partial charge < -0.3 is 0 Å². The highest BCUT2D eigenvalue weighted by Gasteiger charge is 2.21. The first kappa shape index (κ1) is 13.8. The molecule has 2 aromatic heterocycles. The molecule has 0 N–H and O–H groups in total. The lowest BCUT2D eigenvalue weighted by Gasteiger charge is -2.09. The van der Waals surface area contributed by atoms with E-state index < -0.39 is 9.84 Å². The van der Waals surface area contributed by atoms with Crippen molar-refractivity contribution in [3.63, 3.8) is 0 Å². The zero-order valence-corrected chi connectivity index (χ0v) is 12.9. The summed E-state index contributed by atoms with van der Waals surface area (Å²) >= 11 is 0. The molecule has 2 aromatic carbocycles. The normalized spacial score (nSPS) is 11.8. The number of nitrogens with zero attached hydrogens (tertiary/aromatic N) is 2. The molecule has 0 atom stereocenters. The van der Waals surface area contributed by atoms with Crippen molar-refractivity contribution in [2.75, 3.05) is 0 Å². The van der Waals surface area contributed by atoms with Gasteiger partial charge in [-0.3, -0.25) is 9.97 Å². The number of hydrogen-bond donors (Lipinski definition) is 0. The van der Waals surface area contributed by atoms with Crippen LogP contribution in [0.25, 0.3) is 21.8 Å². The maximum Gasteiger partial charge on any atom is 0.207 e. The molecule has 2 heterocycles. The van der Waals surface area contributed by atoms with Crippen LogP contribution in [-0.2, 0) is 9.84 Å². The number of rotatable bonds is 2. The Morgan fingerprint density at radius 3 is 2.30 bits per heavy atom. The third-order valence-corrected chi connectivity index (χ3v) is 5.61. The summed E-state index contributed by atoms with van der Waals surface area (Å²) < 4.78 is 25.9. The fourth-order valence-electron chi connectivity index (χ4n) is 2.69. The molecule has 0 amide bonds. The van der Waals surface area contributed by atoms with Crippen molar-refractivity contribution >= 4 is 31.6 Å². The van der Waals surface area contributed by atoms with E-state index in [1.165, 1.54) is 6.20 Å². The largest absolute Gasteiger partial charge is 0.254 e. The average molecular weight is 320 g/mol. The molecule has 4 rings (SSSR count). The van der Waals surface area contributed by atoms with Gasteiger partial charge in [0.15, 0.2) is 0 Å². The van der Waals surface area contributed by atoms with Crippen LogP contribution in [0.15, 0.2) is 82.8 Å². The molecule has 4 aromatic rings. The van der Waals surface area contributed by atoms with Gasteiger partial charge in [0.1, 0.15) is 0 Å². The average Bonchev–Trinajstić information content (AvgIpc) is 2.61. The van der Waals surface area contributed by atoms with E-state index in [0.717, 1.165) is 5.39 Å². The first-order valence-corrected chi connectivity index (χ1v) is 8.59. The Bertz CT molecular complexity index is 1120. The van der Waals surface area contributed by atoms with Crippen LogP contribution in [-0.4, -0.2) is 18.4 Å². The Hall–Kier alpha value is -2.79. The van der Waals surface area contributed by atoms with E-state index in [0.29, 0.717) is 16.4 Å². The van der Waals surface area contributed by atoms with Crippen LogP contribution in [0.2, 0.25) is 0 Å². The minimum absolute atomic E-state index is 0.251. The number of fused-ring (bicyclic) bond motifs is 3. The summed E-state index contributed by atoms with van der Waals surface area (Å²) in [5.41, 5.74) is 1.30. The first-order valence-electron chi connectivity index (χ1n) is 7.10. The Labute approximate surface area is 133 Å². The van der Waals surface area contributed by atoms with Gasteiger partial charge in [-0.2, -0.15) is 0 Å². The molecule has 112 valence electrons. The molecule has 0 bridgehead atoms. The summed E-state index contributed by atoms with van der Waals surface area (Å²) in [6.45, 7) is 0. The van der Waals surface area contributed by atoms with E-state index in [2.05, 4.69) is 9.97 Å². The van der Waals surface area contributed by atoms with Gasteiger partial charge in [-0.1, -0.05) is 36.4 Å². The Kier molecular flexibility index (Phi) is 3.09. The summed E-state index contributed by atoms with van der Waals surface area (Å²) in [4.78, 5) is 9.22. The summed E-state index contributed by atoms with van der Waals surface area (Å²) in [6, 6.07) is 17.4. The molecule has 0 unspecified atom stereocenters. The summed E-state index contributed by atoms with van der Waals surface area (Å²) in [7, 11) is -3.60. The van der Waals surface area contributed by atoms with Crippen LogP contribution in [0.1, 0.15) is 0 Å². The van der Waals surface area contributed by atoms with Gasteiger partial charge in [0, 0.05) is 23.2 Å². The Morgan fingerprint density at radius 1 is 0.696 bits per heavy atom. The molecule has 0 aliphatic heterocycles. The van der Waals surface area contributed by atoms with Gasteiger partial charge in [0.05, 0.1) is 20.8 Å². The number of hydrogen-bond acceptors (Lipinski definition) is 4. The second-order valence-corrected chi connectivity index (χ2v) is 7.08. The zero-order valence-electron chi connectivity index (χ0n) is 12.0. The number of benzene rings is 2. The van der Waals surface area contributed by atoms with Gasteiger partial charge in [0.2, 0.25) is 9.84 Å². The maximum atomic E-state index is 12.9. The lowest BCUT2D eigenvalue weighted by molar-refractivity contribution is 0.597. The minimum atomic E-state index is -3.60. The van der Waals surface area contributed by atoms with Crippen molar-refractivity contribution in [3.8, 4) is 0 Å². The molecular formula is C18H12N2O2S. The van der Waals surface area contributed by atoms with Crippen molar-refractivity contribution in [1.29, 1.82) is 0 Å². The highest BCUT2D eigenvalue weighted by Crippen LogP contribution is 2.30. The topological polar surface area (TPSA) is 59.9 Å². The predicted molar refractivity (Wildman–Crippen MR) is 88.9 cm³/mol. The summed E-state index contributed by atoms with van der Waals surface area (Å²) in [5, 5.41) is 1.52. The van der Waals surface area contributed by atoms with Crippen molar-refractivity contribution in [2.24, 2.45) is 0 Å². The van der Waals surface area contributed by atoms with Crippen LogP contribution in [0, 0.1) is 0 Å². The fraction of sp³-hybridized carbons (Fsp3) is 0. The van der Waals surface area contributed by atoms with Gasteiger partial charge >= 0.3 is 0 Å². The lowest BCUT2D eigenvalue weighted by Crippen LogP contribution is -2.03. The van der Waals surface area contributed by atoms with Crippen molar-refractivity contribution in [3.05, 3.63) is 73.1 Å². The van der Waals surface area contributed by atoms with Gasteiger partial charge in [-0.25, -0.2) is 8.42 Å². The van der Waals surface area contributed by atoms with Crippen LogP contribution >= 0.6 is 0 Å². The van der Waals surface area contributed by atoms with Crippen LogP contribution in [0.3, 0.4) is 0 Å². The van der Waals surface area contributed by atoms with E-state index in [1.807, 2.05) is 18.2 Å². The van der Waals surface area contributed by atoms with Crippen LogP contribution in [0.4, 0.5) is 0 Å². The molecule has 0 saturated heterocycles. The Morgan fingerprint density at radius 2 is 1.48 bits per heavy atom. The van der Waals surface area contributed by atoms with Crippen LogP contribution < -0.4 is 0 Å². The van der Waals surface area contributed by atoms with Crippen molar-refractivity contribution in [2.45, 2.75) is 9.79 Å². The molecule has 23 heavy (non-hydrogen) atoms. The zero-order chi connectivity index (χ0) is 15.9. The number of sulfone groups is 1.